The van der Waals surface area contributed by atoms with E-state index in [1.165, 1.54) is 6.42 Å². The zero-order valence-corrected chi connectivity index (χ0v) is 12.3. The molecule has 3 nitrogen and oxygen atoms in total. The molecule has 1 saturated heterocycles. The van der Waals surface area contributed by atoms with Crippen molar-refractivity contribution in [1.29, 1.82) is 0 Å². The van der Waals surface area contributed by atoms with Gasteiger partial charge in [-0.1, -0.05) is 25.1 Å². The number of rotatable bonds is 5. The molecule has 1 aromatic rings. The second-order valence-electron chi connectivity index (χ2n) is 4.88. The van der Waals surface area contributed by atoms with Crippen molar-refractivity contribution in [2.75, 3.05) is 25.0 Å². The van der Waals surface area contributed by atoms with Crippen molar-refractivity contribution in [3.63, 3.8) is 0 Å². The summed E-state index contributed by atoms with van der Waals surface area (Å²) < 4.78 is 5.70. The normalized spacial score (nSPS) is 18.3. The minimum absolute atomic E-state index is 0.335. The first kappa shape index (κ1) is 14.3. The van der Waals surface area contributed by atoms with Crippen molar-refractivity contribution < 1.29 is 4.74 Å². The van der Waals surface area contributed by atoms with Gasteiger partial charge >= 0.3 is 0 Å². The van der Waals surface area contributed by atoms with Crippen molar-refractivity contribution in [3.05, 3.63) is 30.3 Å². The average Bonchev–Trinajstić information content (AvgIpc) is 2.92. The van der Waals surface area contributed by atoms with E-state index in [2.05, 4.69) is 17.1 Å². The standard InChI is InChI=1S/C15H22N2OS/c1-2-10-17(12-14-9-6-11-18-14)15(19)16-13-7-4-3-5-8-13/h3-5,7-8,14H,2,6,9-12H2,1H3,(H,16,19). The van der Waals surface area contributed by atoms with Crippen LogP contribution in [-0.4, -0.2) is 35.8 Å². The quantitative estimate of drug-likeness (QED) is 0.836. The van der Waals surface area contributed by atoms with Gasteiger partial charge in [-0.15, -0.1) is 0 Å². The molecule has 0 radical (unpaired) electrons. The van der Waals surface area contributed by atoms with E-state index < -0.39 is 0 Å². The van der Waals surface area contributed by atoms with Gasteiger partial charge < -0.3 is 15.0 Å². The van der Waals surface area contributed by atoms with Gasteiger partial charge in [0.15, 0.2) is 5.11 Å². The highest BCUT2D eigenvalue weighted by Crippen LogP contribution is 2.15. The summed E-state index contributed by atoms with van der Waals surface area (Å²) in [6.07, 6.45) is 3.74. The molecule has 1 aromatic carbocycles. The Morgan fingerprint density at radius 2 is 2.21 bits per heavy atom. The van der Waals surface area contributed by atoms with Crippen LogP contribution in [0.25, 0.3) is 0 Å². The molecule has 19 heavy (non-hydrogen) atoms. The number of nitrogens with zero attached hydrogens (tertiary/aromatic N) is 1. The molecule has 0 bridgehead atoms. The molecule has 0 amide bonds. The molecule has 1 aliphatic rings. The maximum Gasteiger partial charge on any atom is 0.173 e. The second-order valence-corrected chi connectivity index (χ2v) is 5.26. The Morgan fingerprint density at radius 3 is 2.84 bits per heavy atom. The van der Waals surface area contributed by atoms with E-state index in [9.17, 15) is 0 Å². The van der Waals surface area contributed by atoms with Crippen molar-refractivity contribution in [1.82, 2.24) is 4.90 Å². The van der Waals surface area contributed by atoms with Gasteiger partial charge in [-0.2, -0.15) is 0 Å². The fraction of sp³-hybridized carbons (Fsp3) is 0.533. The van der Waals surface area contributed by atoms with Gasteiger partial charge in [0.05, 0.1) is 6.10 Å². The third-order valence-electron chi connectivity index (χ3n) is 3.25. The molecule has 1 aliphatic heterocycles. The molecule has 0 spiro atoms. The van der Waals surface area contributed by atoms with Gasteiger partial charge in [0.1, 0.15) is 0 Å². The molecule has 104 valence electrons. The van der Waals surface area contributed by atoms with Gasteiger partial charge in [-0.3, -0.25) is 0 Å². The Labute approximate surface area is 120 Å². The molecule has 1 heterocycles. The largest absolute Gasteiger partial charge is 0.376 e. The molecule has 1 atom stereocenters. The minimum atomic E-state index is 0.335. The molecular weight excluding hydrogens is 256 g/mol. The number of anilines is 1. The molecule has 1 unspecified atom stereocenters. The van der Waals surface area contributed by atoms with Gasteiger partial charge in [0.25, 0.3) is 0 Å². The van der Waals surface area contributed by atoms with Crippen LogP contribution in [0.2, 0.25) is 0 Å². The summed E-state index contributed by atoms with van der Waals surface area (Å²) in [4.78, 5) is 2.22. The van der Waals surface area contributed by atoms with E-state index in [1.54, 1.807) is 0 Å². The summed E-state index contributed by atoms with van der Waals surface area (Å²) >= 11 is 5.52. The number of nitrogens with one attached hydrogen (secondary N) is 1. The lowest BCUT2D eigenvalue weighted by Gasteiger charge is -2.27. The van der Waals surface area contributed by atoms with E-state index in [0.717, 1.165) is 43.3 Å². The van der Waals surface area contributed by atoms with Crippen LogP contribution < -0.4 is 5.32 Å². The number of thiocarbonyl (C=S) groups is 1. The first-order valence-electron chi connectivity index (χ1n) is 7.02. The summed E-state index contributed by atoms with van der Waals surface area (Å²) in [5, 5.41) is 4.10. The zero-order valence-electron chi connectivity index (χ0n) is 11.5. The van der Waals surface area contributed by atoms with Crippen LogP contribution in [0.5, 0.6) is 0 Å². The lowest BCUT2D eigenvalue weighted by molar-refractivity contribution is 0.0918. The third-order valence-corrected chi connectivity index (χ3v) is 3.61. The molecular formula is C15H22N2OS. The van der Waals surface area contributed by atoms with Crippen molar-refractivity contribution in [2.24, 2.45) is 0 Å². The van der Waals surface area contributed by atoms with Crippen LogP contribution in [0.15, 0.2) is 30.3 Å². The van der Waals surface area contributed by atoms with Gasteiger partial charge in [0, 0.05) is 25.4 Å². The van der Waals surface area contributed by atoms with E-state index in [4.69, 9.17) is 17.0 Å². The van der Waals surface area contributed by atoms with Crippen LogP contribution in [0.4, 0.5) is 5.69 Å². The number of hydrogen-bond acceptors (Lipinski definition) is 2. The Bertz CT molecular complexity index is 390. The fourth-order valence-electron chi connectivity index (χ4n) is 2.30. The first-order chi connectivity index (χ1) is 9.29. The van der Waals surface area contributed by atoms with Gasteiger partial charge in [-0.25, -0.2) is 0 Å². The van der Waals surface area contributed by atoms with Crippen LogP contribution >= 0.6 is 12.2 Å². The van der Waals surface area contributed by atoms with Crippen molar-refractivity contribution >= 4 is 23.0 Å². The lowest BCUT2D eigenvalue weighted by atomic mass is 10.2. The highest BCUT2D eigenvalue weighted by Gasteiger charge is 2.20. The Balaban J connectivity index is 1.91. The first-order valence-corrected chi connectivity index (χ1v) is 7.43. The third kappa shape index (κ3) is 4.48. The average molecular weight is 278 g/mol. The summed E-state index contributed by atoms with van der Waals surface area (Å²) in [5.41, 5.74) is 1.04. The van der Waals surface area contributed by atoms with Crippen LogP contribution in [-0.2, 0) is 4.74 Å². The summed E-state index contributed by atoms with van der Waals surface area (Å²) in [7, 11) is 0. The van der Waals surface area contributed by atoms with Crippen LogP contribution in [0, 0.1) is 0 Å². The fourth-order valence-corrected chi connectivity index (χ4v) is 2.59. The highest BCUT2D eigenvalue weighted by molar-refractivity contribution is 7.80. The Kier molecular flexibility index (Phi) is 5.61. The molecule has 1 fully saturated rings. The van der Waals surface area contributed by atoms with E-state index in [0.29, 0.717) is 6.10 Å². The van der Waals surface area contributed by atoms with Gasteiger partial charge in [-0.05, 0) is 43.6 Å². The predicted octanol–water partition coefficient (Wildman–Crippen LogP) is 3.27. The summed E-state index contributed by atoms with van der Waals surface area (Å²) in [5.74, 6) is 0. The minimum Gasteiger partial charge on any atom is -0.376 e. The Hall–Kier alpha value is -1.13. The molecule has 2 rings (SSSR count). The number of benzene rings is 1. The maximum atomic E-state index is 5.70. The zero-order chi connectivity index (χ0) is 13.5. The molecule has 4 heteroatoms. The SMILES string of the molecule is CCCN(CC1CCCO1)C(=S)Nc1ccccc1. The highest BCUT2D eigenvalue weighted by atomic mass is 32.1. The molecule has 0 aliphatic carbocycles. The number of para-hydroxylation sites is 1. The van der Waals surface area contributed by atoms with E-state index in [-0.39, 0.29) is 0 Å². The summed E-state index contributed by atoms with van der Waals surface area (Å²) in [6, 6.07) is 10.1. The van der Waals surface area contributed by atoms with E-state index in [1.807, 2.05) is 30.3 Å². The van der Waals surface area contributed by atoms with Crippen LogP contribution in [0.1, 0.15) is 26.2 Å². The second kappa shape index (κ2) is 7.46. The van der Waals surface area contributed by atoms with Crippen molar-refractivity contribution in [2.45, 2.75) is 32.3 Å². The van der Waals surface area contributed by atoms with Gasteiger partial charge in [0.2, 0.25) is 0 Å². The molecule has 0 saturated carbocycles. The maximum absolute atomic E-state index is 5.70. The molecule has 0 aromatic heterocycles. The molecule has 1 N–H and O–H groups in total. The number of hydrogen-bond donors (Lipinski definition) is 1. The summed E-state index contributed by atoms with van der Waals surface area (Å²) in [6.45, 7) is 4.93. The Morgan fingerprint density at radius 1 is 1.42 bits per heavy atom. The van der Waals surface area contributed by atoms with Crippen molar-refractivity contribution in [3.8, 4) is 0 Å². The lowest BCUT2D eigenvalue weighted by Crippen LogP contribution is -2.40. The monoisotopic (exact) mass is 278 g/mol. The van der Waals surface area contributed by atoms with E-state index >= 15 is 0 Å². The predicted molar refractivity (Wildman–Crippen MR) is 83.5 cm³/mol. The van der Waals surface area contributed by atoms with Crippen LogP contribution in [0.3, 0.4) is 0 Å². The smallest absolute Gasteiger partial charge is 0.173 e. The topological polar surface area (TPSA) is 24.5 Å². The number of ether oxygens (including phenoxy) is 1.